The second kappa shape index (κ2) is 4.12. The summed E-state index contributed by atoms with van der Waals surface area (Å²) < 4.78 is 0. The lowest BCUT2D eigenvalue weighted by atomic mass is 9.96. The summed E-state index contributed by atoms with van der Waals surface area (Å²) in [5, 5.41) is 0. The maximum Gasteiger partial charge on any atom is 0.230 e. The lowest BCUT2D eigenvalue weighted by Gasteiger charge is -2.12. The normalized spacial score (nSPS) is 25.0. The topological polar surface area (TPSA) is 81.8 Å². The molecule has 0 radical (unpaired) electrons. The number of nitrogens with two attached hydrogens (primary N) is 1. The van der Waals surface area contributed by atoms with Gasteiger partial charge < -0.3 is 5.73 Å². The van der Waals surface area contributed by atoms with Gasteiger partial charge in [0.25, 0.3) is 0 Å². The molecule has 2 heterocycles. The van der Waals surface area contributed by atoms with Crippen LogP contribution in [-0.4, -0.2) is 20.9 Å². The lowest BCUT2D eigenvalue weighted by molar-refractivity contribution is -0.120. The molecule has 1 fully saturated rings. The summed E-state index contributed by atoms with van der Waals surface area (Å²) in [4.78, 5) is 24.3. The molecule has 2 atom stereocenters. The van der Waals surface area contributed by atoms with E-state index in [4.69, 9.17) is 5.73 Å². The molecule has 0 bridgehead atoms. The summed E-state index contributed by atoms with van der Waals surface area (Å²) in [6.07, 6.45) is 5.50. The number of amides is 1. The van der Waals surface area contributed by atoms with Crippen LogP contribution in [0.15, 0.2) is 36.9 Å². The number of pyridine rings is 1. The van der Waals surface area contributed by atoms with Crippen LogP contribution in [0.1, 0.15) is 29.3 Å². The molecule has 1 saturated carbocycles. The third-order valence-electron chi connectivity index (χ3n) is 3.73. The van der Waals surface area contributed by atoms with Gasteiger partial charge in [-0.3, -0.25) is 9.78 Å². The molecule has 2 N–H and O–H groups in total. The smallest absolute Gasteiger partial charge is 0.230 e. The molecule has 2 aromatic rings. The first-order valence-electron chi connectivity index (χ1n) is 6.13. The van der Waals surface area contributed by atoms with Crippen molar-refractivity contribution in [3.63, 3.8) is 0 Å². The van der Waals surface area contributed by atoms with Crippen molar-refractivity contribution in [2.24, 2.45) is 5.73 Å². The molecule has 1 amide bonds. The predicted molar refractivity (Wildman–Crippen MR) is 69.2 cm³/mol. The number of carbonyl (C=O) groups is 1. The number of aromatic nitrogens is 3. The second-order valence-corrected chi connectivity index (χ2v) is 4.94. The first kappa shape index (κ1) is 11.8. The van der Waals surface area contributed by atoms with Gasteiger partial charge in [0.1, 0.15) is 11.7 Å². The average molecular weight is 254 g/mol. The molecule has 1 aliphatic rings. The number of hydrogen-bond acceptors (Lipinski definition) is 4. The van der Waals surface area contributed by atoms with Gasteiger partial charge in [0.2, 0.25) is 5.91 Å². The quantitative estimate of drug-likeness (QED) is 0.888. The van der Waals surface area contributed by atoms with Crippen molar-refractivity contribution < 1.29 is 4.79 Å². The average Bonchev–Trinajstić information content (AvgIpc) is 3.16. The highest BCUT2D eigenvalue weighted by molar-refractivity contribution is 5.91. The van der Waals surface area contributed by atoms with Crippen LogP contribution in [0.2, 0.25) is 0 Å². The molecule has 0 saturated heterocycles. The lowest BCUT2D eigenvalue weighted by Crippen LogP contribution is -2.31. The standard InChI is InChI=1S/C14H14N4O/c1-9-2-5-17-11(6-9)10-7-14(10,13(15)19)12-3-4-16-8-18-12/h2-6,8,10H,7H2,1H3,(H2,15,19). The van der Waals surface area contributed by atoms with E-state index in [1.807, 2.05) is 19.1 Å². The zero-order valence-electron chi connectivity index (χ0n) is 10.6. The Hall–Kier alpha value is -2.30. The van der Waals surface area contributed by atoms with E-state index in [-0.39, 0.29) is 11.8 Å². The van der Waals surface area contributed by atoms with Crippen molar-refractivity contribution in [3.8, 4) is 0 Å². The molecule has 1 aliphatic carbocycles. The van der Waals surface area contributed by atoms with Crippen molar-refractivity contribution >= 4 is 5.91 Å². The van der Waals surface area contributed by atoms with Gasteiger partial charge in [0.05, 0.1) is 5.69 Å². The van der Waals surface area contributed by atoms with Gasteiger partial charge in [-0.05, 0) is 37.1 Å². The highest BCUT2D eigenvalue weighted by Gasteiger charge is 2.62. The fourth-order valence-corrected chi connectivity index (χ4v) is 2.61. The van der Waals surface area contributed by atoms with E-state index in [0.717, 1.165) is 11.3 Å². The molecule has 0 aromatic carbocycles. The minimum absolute atomic E-state index is 0.0137. The summed E-state index contributed by atoms with van der Waals surface area (Å²) in [6, 6.07) is 5.68. The van der Waals surface area contributed by atoms with E-state index >= 15 is 0 Å². The van der Waals surface area contributed by atoms with Gasteiger partial charge in [-0.2, -0.15) is 0 Å². The highest BCUT2D eigenvalue weighted by atomic mass is 16.1. The molecule has 3 rings (SSSR count). The molecule has 0 aliphatic heterocycles. The number of hydrogen-bond donors (Lipinski definition) is 1. The molecule has 0 spiro atoms. The Kier molecular flexibility index (Phi) is 2.55. The SMILES string of the molecule is Cc1ccnc(C2CC2(C(N)=O)c2ccncn2)c1. The number of aryl methyl sites for hydroxylation is 1. The van der Waals surface area contributed by atoms with Crippen LogP contribution in [0, 0.1) is 6.92 Å². The van der Waals surface area contributed by atoms with Crippen LogP contribution in [0.25, 0.3) is 0 Å². The van der Waals surface area contributed by atoms with Gasteiger partial charge >= 0.3 is 0 Å². The predicted octanol–water partition coefficient (Wildman–Crippen LogP) is 1.09. The molecule has 19 heavy (non-hydrogen) atoms. The van der Waals surface area contributed by atoms with E-state index in [0.29, 0.717) is 12.1 Å². The van der Waals surface area contributed by atoms with Crippen molar-refractivity contribution in [2.45, 2.75) is 24.7 Å². The summed E-state index contributed by atoms with van der Waals surface area (Å²) in [5.74, 6) is -0.334. The Morgan fingerprint density at radius 2 is 2.21 bits per heavy atom. The van der Waals surface area contributed by atoms with E-state index in [9.17, 15) is 4.79 Å². The van der Waals surface area contributed by atoms with Crippen LogP contribution in [0.3, 0.4) is 0 Å². The third-order valence-corrected chi connectivity index (χ3v) is 3.73. The van der Waals surface area contributed by atoms with E-state index in [2.05, 4.69) is 15.0 Å². The zero-order valence-corrected chi connectivity index (χ0v) is 10.6. The summed E-state index contributed by atoms with van der Waals surface area (Å²) >= 11 is 0. The Morgan fingerprint density at radius 1 is 1.37 bits per heavy atom. The minimum atomic E-state index is -0.719. The number of rotatable bonds is 3. The van der Waals surface area contributed by atoms with Gasteiger partial charge in [0, 0.05) is 24.0 Å². The molecular weight excluding hydrogens is 240 g/mol. The van der Waals surface area contributed by atoms with Crippen molar-refractivity contribution in [3.05, 3.63) is 53.9 Å². The van der Waals surface area contributed by atoms with Gasteiger partial charge in [-0.15, -0.1) is 0 Å². The fraction of sp³-hybridized carbons (Fsp3) is 0.286. The van der Waals surface area contributed by atoms with Crippen LogP contribution in [0.5, 0.6) is 0 Å². The maximum absolute atomic E-state index is 11.9. The fourth-order valence-electron chi connectivity index (χ4n) is 2.61. The molecular formula is C14H14N4O. The number of carbonyl (C=O) groups excluding carboxylic acids is 1. The van der Waals surface area contributed by atoms with Crippen molar-refractivity contribution in [1.29, 1.82) is 0 Å². The molecule has 5 heteroatoms. The molecule has 2 aromatic heterocycles. The van der Waals surface area contributed by atoms with Crippen LogP contribution in [0.4, 0.5) is 0 Å². The van der Waals surface area contributed by atoms with E-state index in [1.54, 1.807) is 18.5 Å². The largest absolute Gasteiger partial charge is 0.369 e. The third kappa shape index (κ3) is 1.78. The summed E-state index contributed by atoms with van der Waals surface area (Å²) in [6.45, 7) is 2.00. The Morgan fingerprint density at radius 3 is 2.84 bits per heavy atom. The molecule has 2 unspecified atom stereocenters. The van der Waals surface area contributed by atoms with Crippen LogP contribution < -0.4 is 5.73 Å². The second-order valence-electron chi connectivity index (χ2n) is 4.94. The Balaban J connectivity index is 2.02. The maximum atomic E-state index is 11.9. The zero-order chi connectivity index (χ0) is 13.5. The van der Waals surface area contributed by atoms with Crippen LogP contribution in [-0.2, 0) is 10.2 Å². The highest BCUT2D eigenvalue weighted by Crippen LogP contribution is 2.59. The van der Waals surface area contributed by atoms with Crippen molar-refractivity contribution in [1.82, 2.24) is 15.0 Å². The molecule has 5 nitrogen and oxygen atoms in total. The minimum Gasteiger partial charge on any atom is -0.369 e. The van der Waals surface area contributed by atoms with Crippen LogP contribution >= 0.6 is 0 Å². The first-order chi connectivity index (χ1) is 9.14. The summed E-state index contributed by atoms with van der Waals surface area (Å²) in [7, 11) is 0. The number of primary amides is 1. The first-order valence-corrected chi connectivity index (χ1v) is 6.13. The van der Waals surface area contributed by atoms with E-state index < -0.39 is 5.41 Å². The molecule has 96 valence electrons. The monoisotopic (exact) mass is 254 g/mol. The van der Waals surface area contributed by atoms with E-state index in [1.165, 1.54) is 6.33 Å². The Bertz CT molecular complexity index is 628. The van der Waals surface area contributed by atoms with Gasteiger partial charge in [-0.1, -0.05) is 0 Å². The number of nitrogens with zero attached hydrogens (tertiary/aromatic N) is 3. The van der Waals surface area contributed by atoms with Gasteiger partial charge in [-0.25, -0.2) is 9.97 Å². The van der Waals surface area contributed by atoms with Gasteiger partial charge in [0.15, 0.2) is 0 Å². The van der Waals surface area contributed by atoms with Crippen molar-refractivity contribution in [2.75, 3.05) is 0 Å². The Labute approximate surface area is 110 Å². The summed E-state index contributed by atoms with van der Waals surface area (Å²) in [5.41, 5.74) is 7.59.